The Hall–Kier alpha value is -2.14. The number of piperidine rings is 1. The molecule has 3 rings (SSSR count). The molecule has 2 aromatic rings. The van der Waals surface area contributed by atoms with Crippen LogP contribution in [0.3, 0.4) is 0 Å². The lowest BCUT2D eigenvalue weighted by atomic mass is 9.94. The van der Waals surface area contributed by atoms with Crippen molar-refractivity contribution in [2.45, 2.75) is 64.9 Å². The zero-order valence-corrected chi connectivity index (χ0v) is 17.8. The number of carbonyl (C=O) groups is 1. The minimum Gasteiger partial charge on any atom is -0.390 e. The number of rotatable bonds is 4. The lowest BCUT2D eigenvalue weighted by Gasteiger charge is -2.35. The molecule has 30 heavy (non-hydrogen) atoms. The highest BCUT2D eigenvalue weighted by Crippen LogP contribution is 2.31. The third-order valence-corrected chi connectivity index (χ3v) is 6.85. The summed E-state index contributed by atoms with van der Waals surface area (Å²) in [4.78, 5) is 40.4. The van der Waals surface area contributed by atoms with E-state index in [2.05, 4.69) is 0 Å². The quantitative estimate of drug-likeness (QED) is 0.781. The maximum absolute atomic E-state index is 13.1. The number of aryl methyl sites for hydroxylation is 2. The van der Waals surface area contributed by atoms with E-state index in [9.17, 15) is 32.7 Å². The number of aromatic nitrogens is 2. The normalized spacial score (nSPS) is 17.0. The molecule has 1 saturated heterocycles. The smallest absolute Gasteiger partial charge is 0.390 e. The van der Waals surface area contributed by atoms with Crippen LogP contribution in [0, 0.1) is 6.92 Å². The second-order valence-electron chi connectivity index (χ2n) is 7.87. The Balaban J connectivity index is 2.11. The predicted molar refractivity (Wildman–Crippen MR) is 107 cm³/mol. The van der Waals surface area contributed by atoms with Crippen molar-refractivity contribution in [2.24, 2.45) is 0 Å². The summed E-state index contributed by atoms with van der Waals surface area (Å²) in [6.45, 7) is 4.90. The van der Waals surface area contributed by atoms with Gasteiger partial charge in [-0.1, -0.05) is 0 Å². The number of fused-ring (bicyclic) bond motifs is 1. The Labute approximate surface area is 174 Å². The largest absolute Gasteiger partial charge is 0.390 e. The molecular formula is C19H24F3N3O4S. The molecule has 1 amide bonds. The zero-order valence-electron chi connectivity index (χ0n) is 17.0. The molecule has 1 aliphatic heterocycles. The van der Waals surface area contributed by atoms with E-state index in [1.165, 1.54) is 0 Å². The molecule has 166 valence electrons. The molecule has 0 atom stereocenters. The molecule has 11 heteroatoms. The molecule has 0 radical (unpaired) electrons. The van der Waals surface area contributed by atoms with Crippen LogP contribution in [0.15, 0.2) is 9.59 Å². The van der Waals surface area contributed by atoms with E-state index in [1.807, 2.05) is 0 Å². The fourth-order valence-electron chi connectivity index (χ4n) is 3.65. The summed E-state index contributed by atoms with van der Waals surface area (Å²) in [6, 6.07) is 0. The number of thiophene rings is 1. The number of carbonyl (C=O) groups excluding carboxylic acids is 1. The molecule has 1 fully saturated rings. The van der Waals surface area contributed by atoms with E-state index in [1.54, 1.807) is 25.7 Å². The number of hydrogen-bond acceptors (Lipinski definition) is 5. The maximum Gasteiger partial charge on any atom is 0.390 e. The minimum absolute atomic E-state index is 0.0133. The highest BCUT2D eigenvalue weighted by molar-refractivity contribution is 7.20. The topological polar surface area (TPSA) is 84.5 Å². The average Bonchev–Trinajstić information content (AvgIpc) is 2.98. The van der Waals surface area contributed by atoms with Gasteiger partial charge in [0.15, 0.2) is 0 Å². The van der Waals surface area contributed by atoms with Gasteiger partial charge in [-0.05, 0) is 39.2 Å². The van der Waals surface area contributed by atoms with Gasteiger partial charge in [-0.25, -0.2) is 4.79 Å². The van der Waals surface area contributed by atoms with E-state index in [0.29, 0.717) is 31.5 Å². The molecule has 0 saturated carbocycles. The first-order valence-corrected chi connectivity index (χ1v) is 10.5. The van der Waals surface area contributed by atoms with Crippen LogP contribution in [0.1, 0.15) is 48.3 Å². The molecule has 7 nitrogen and oxygen atoms in total. The lowest BCUT2D eigenvalue weighted by molar-refractivity contribution is -0.136. The van der Waals surface area contributed by atoms with Gasteiger partial charge in [-0.15, -0.1) is 11.3 Å². The molecule has 0 aromatic carbocycles. The van der Waals surface area contributed by atoms with Gasteiger partial charge < -0.3 is 10.0 Å². The van der Waals surface area contributed by atoms with Crippen LogP contribution in [0.5, 0.6) is 0 Å². The van der Waals surface area contributed by atoms with Crippen LogP contribution >= 0.6 is 11.3 Å². The minimum atomic E-state index is -4.46. The molecular weight excluding hydrogens is 423 g/mol. The first-order chi connectivity index (χ1) is 13.9. The molecule has 0 bridgehead atoms. The lowest BCUT2D eigenvalue weighted by Crippen LogP contribution is -2.45. The first-order valence-electron chi connectivity index (χ1n) is 9.71. The van der Waals surface area contributed by atoms with Crippen LogP contribution in [0.2, 0.25) is 0 Å². The summed E-state index contributed by atoms with van der Waals surface area (Å²) >= 11 is 0.879. The SMILES string of the molecule is CCn1c(=O)c2c(C)c(C(=O)N3CCC(C)(O)CC3)sc2n(CCC(F)(F)F)c1=O. The van der Waals surface area contributed by atoms with Crippen LogP contribution in [-0.2, 0) is 13.1 Å². The fourth-order valence-corrected chi connectivity index (χ4v) is 4.94. The molecule has 2 aromatic heterocycles. The van der Waals surface area contributed by atoms with E-state index in [0.717, 1.165) is 20.5 Å². The number of hydrogen-bond donors (Lipinski definition) is 1. The molecule has 0 unspecified atom stereocenters. The number of halogens is 3. The average molecular weight is 447 g/mol. The Morgan fingerprint density at radius 2 is 1.80 bits per heavy atom. The molecule has 0 spiro atoms. The summed E-state index contributed by atoms with van der Waals surface area (Å²) in [7, 11) is 0. The van der Waals surface area contributed by atoms with Crippen LogP contribution in [-0.4, -0.2) is 49.9 Å². The van der Waals surface area contributed by atoms with Crippen molar-refractivity contribution in [3.05, 3.63) is 31.3 Å². The van der Waals surface area contributed by atoms with Crippen molar-refractivity contribution in [3.8, 4) is 0 Å². The number of amides is 1. The van der Waals surface area contributed by atoms with Gasteiger partial charge in [0.2, 0.25) is 0 Å². The number of nitrogens with zero attached hydrogens (tertiary/aromatic N) is 3. The summed E-state index contributed by atoms with van der Waals surface area (Å²) in [5, 5.41) is 10.2. The van der Waals surface area contributed by atoms with Gasteiger partial charge in [-0.3, -0.25) is 18.7 Å². The standard InChI is InChI=1S/C19H24F3N3O4S/c1-4-24-14(26)12-11(2)13(15(27)23-8-5-18(3,29)6-9-23)30-16(12)25(17(24)28)10-7-19(20,21)22/h29H,4-10H2,1-3H3. The number of alkyl halides is 3. The van der Waals surface area contributed by atoms with Crippen LogP contribution in [0.25, 0.3) is 10.2 Å². The summed E-state index contributed by atoms with van der Waals surface area (Å²) in [5.41, 5.74) is -1.90. The van der Waals surface area contributed by atoms with Crippen LogP contribution in [0.4, 0.5) is 13.2 Å². The summed E-state index contributed by atoms with van der Waals surface area (Å²) in [5.74, 6) is -0.346. The highest BCUT2D eigenvalue weighted by Gasteiger charge is 2.33. The Morgan fingerprint density at radius 3 is 2.33 bits per heavy atom. The van der Waals surface area contributed by atoms with Crippen molar-refractivity contribution in [3.63, 3.8) is 0 Å². The second kappa shape index (κ2) is 7.84. The van der Waals surface area contributed by atoms with E-state index in [-0.39, 0.29) is 27.5 Å². The zero-order chi connectivity index (χ0) is 22.4. The van der Waals surface area contributed by atoms with Crippen molar-refractivity contribution in [1.82, 2.24) is 14.0 Å². The van der Waals surface area contributed by atoms with Gasteiger partial charge in [0.05, 0.1) is 22.3 Å². The molecule has 0 aliphatic carbocycles. The monoisotopic (exact) mass is 447 g/mol. The Bertz CT molecular complexity index is 1090. The highest BCUT2D eigenvalue weighted by atomic mass is 32.1. The fraction of sp³-hybridized carbons (Fsp3) is 0.632. The van der Waals surface area contributed by atoms with E-state index in [4.69, 9.17) is 0 Å². The molecule has 3 heterocycles. The maximum atomic E-state index is 13.1. The van der Waals surface area contributed by atoms with Crippen LogP contribution < -0.4 is 11.2 Å². The van der Waals surface area contributed by atoms with Gasteiger partial charge in [0.1, 0.15) is 4.83 Å². The van der Waals surface area contributed by atoms with Crippen molar-refractivity contribution in [2.75, 3.05) is 13.1 Å². The second-order valence-corrected chi connectivity index (χ2v) is 8.87. The Morgan fingerprint density at radius 1 is 1.20 bits per heavy atom. The van der Waals surface area contributed by atoms with Crippen molar-refractivity contribution < 1.29 is 23.1 Å². The Kier molecular flexibility index (Phi) is 5.89. The van der Waals surface area contributed by atoms with Crippen molar-refractivity contribution in [1.29, 1.82) is 0 Å². The van der Waals surface area contributed by atoms with Gasteiger partial charge in [0, 0.05) is 26.2 Å². The predicted octanol–water partition coefficient (Wildman–Crippen LogP) is 2.49. The summed E-state index contributed by atoms with van der Waals surface area (Å²) < 4.78 is 40.2. The third kappa shape index (κ3) is 4.18. The van der Waals surface area contributed by atoms with E-state index >= 15 is 0 Å². The van der Waals surface area contributed by atoms with Gasteiger partial charge >= 0.3 is 11.9 Å². The molecule has 1 N–H and O–H groups in total. The summed E-state index contributed by atoms with van der Waals surface area (Å²) in [6.07, 6.45) is -4.87. The first kappa shape index (κ1) is 22.5. The number of aliphatic hydroxyl groups is 1. The third-order valence-electron chi connectivity index (χ3n) is 5.55. The molecule has 1 aliphatic rings. The van der Waals surface area contributed by atoms with Gasteiger partial charge in [-0.2, -0.15) is 13.2 Å². The number of likely N-dealkylation sites (tertiary alicyclic amines) is 1. The van der Waals surface area contributed by atoms with Gasteiger partial charge in [0.25, 0.3) is 11.5 Å². The van der Waals surface area contributed by atoms with E-state index < -0.39 is 36.0 Å². The van der Waals surface area contributed by atoms with Crippen molar-refractivity contribution >= 4 is 27.5 Å².